The van der Waals surface area contributed by atoms with Crippen LogP contribution in [0, 0.1) is 23.7 Å². The Morgan fingerprint density at radius 1 is 1.05 bits per heavy atom. The number of hydrogen-bond acceptors (Lipinski definition) is 2. The average Bonchev–Trinajstić information content (AvgIpc) is 3.16. The fourth-order valence-corrected chi connectivity index (χ4v) is 4.85. The summed E-state index contributed by atoms with van der Waals surface area (Å²) in [6, 6.07) is 0.166. The second kappa shape index (κ2) is 3.84. The molecule has 0 aromatic heterocycles. The molecule has 4 bridgehead atoms. The van der Waals surface area contributed by atoms with Gasteiger partial charge in [0, 0.05) is 18.0 Å². The number of carbonyl (C=O) groups excluding carboxylic acids is 1. The number of allylic oxidation sites excluding steroid dienone is 2. The normalized spacial score (nSPS) is 46.2. The minimum Gasteiger partial charge on any atom is -0.481 e. The first-order valence-corrected chi connectivity index (χ1v) is 7.38. The van der Waals surface area contributed by atoms with Crippen LogP contribution in [0.25, 0.3) is 0 Å². The average molecular weight is 261 g/mol. The van der Waals surface area contributed by atoms with Crippen LogP contribution >= 0.6 is 0 Å². The summed E-state index contributed by atoms with van der Waals surface area (Å²) < 4.78 is 0. The number of hydrogen-bond donors (Lipinski definition) is 1. The lowest BCUT2D eigenvalue weighted by molar-refractivity contribution is -0.143. The molecular weight excluding hydrogens is 242 g/mol. The first kappa shape index (κ1) is 11.5. The lowest BCUT2D eigenvalue weighted by Gasteiger charge is -2.28. The molecule has 2 aliphatic carbocycles. The molecule has 2 saturated heterocycles. The highest BCUT2D eigenvalue weighted by Gasteiger charge is 2.54. The predicted molar refractivity (Wildman–Crippen MR) is 68.2 cm³/mol. The van der Waals surface area contributed by atoms with E-state index < -0.39 is 5.97 Å². The Bertz CT molecular complexity index is 472. The molecule has 2 aliphatic heterocycles. The zero-order chi connectivity index (χ0) is 13.1. The highest BCUT2D eigenvalue weighted by Crippen LogP contribution is 2.48. The molecule has 0 spiro atoms. The van der Waals surface area contributed by atoms with Crippen LogP contribution in [-0.4, -0.2) is 34.0 Å². The smallest absolute Gasteiger partial charge is 0.308 e. The summed E-state index contributed by atoms with van der Waals surface area (Å²) in [5.74, 6) is 0.337. The maximum atomic E-state index is 12.8. The van der Waals surface area contributed by atoms with Gasteiger partial charge in [-0.1, -0.05) is 12.2 Å². The Morgan fingerprint density at radius 2 is 1.89 bits per heavy atom. The molecule has 1 saturated carbocycles. The molecular formula is C15H19NO3. The molecule has 19 heavy (non-hydrogen) atoms. The fraction of sp³-hybridized carbons (Fsp3) is 0.733. The molecule has 4 rings (SSSR count). The molecule has 6 atom stereocenters. The van der Waals surface area contributed by atoms with Crippen molar-refractivity contribution in [2.24, 2.45) is 23.7 Å². The van der Waals surface area contributed by atoms with Crippen LogP contribution < -0.4 is 0 Å². The minimum atomic E-state index is -0.724. The van der Waals surface area contributed by atoms with Crippen molar-refractivity contribution in [2.45, 2.75) is 44.2 Å². The van der Waals surface area contributed by atoms with Crippen LogP contribution in [0.2, 0.25) is 0 Å². The summed E-state index contributed by atoms with van der Waals surface area (Å²) in [6.07, 6.45) is 9.09. The van der Waals surface area contributed by atoms with Crippen molar-refractivity contribution < 1.29 is 14.7 Å². The van der Waals surface area contributed by atoms with Crippen molar-refractivity contribution in [1.29, 1.82) is 0 Å². The Hall–Kier alpha value is -1.32. The van der Waals surface area contributed by atoms with Gasteiger partial charge in [0.15, 0.2) is 0 Å². The van der Waals surface area contributed by atoms with E-state index in [1.807, 2.05) is 4.90 Å². The van der Waals surface area contributed by atoms with Crippen molar-refractivity contribution in [3.8, 4) is 0 Å². The minimum absolute atomic E-state index is 0.0295. The summed E-state index contributed by atoms with van der Waals surface area (Å²) in [4.78, 5) is 26.0. The summed E-state index contributed by atoms with van der Waals surface area (Å²) in [7, 11) is 0. The SMILES string of the molecule is O=C(O)C1CC2CCC1N2C(=O)C1CC2C=CC1C2. The van der Waals surface area contributed by atoms with E-state index in [1.165, 1.54) is 0 Å². The van der Waals surface area contributed by atoms with E-state index in [4.69, 9.17) is 0 Å². The van der Waals surface area contributed by atoms with E-state index in [-0.39, 0.29) is 29.8 Å². The highest BCUT2D eigenvalue weighted by molar-refractivity contribution is 5.83. The first-order valence-electron chi connectivity index (χ1n) is 7.38. The topological polar surface area (TPSA) is 57.6 Å². The second-order valence-electron chi connectivity index (χ2n) is 6.61. The van der Waals surface area contributed by atoms with Crippen LogP contribution in [-0.2, 0) is 9.59 Å². The van der Waals surface area contributed by atoms with Crippen molar-refractivity contribution in [1.82, 2.24) is 4.90 Å². The van der Waals surface area contributed by atoms with Crippen LogP contribution in [0.5, 0.6) is 0 Å². The fourth-order valence-electron chi connectivity index (χ4n) is 4.85. The molecule has 4 aliphatic rings. The lowest BCUT2D eigenvalue weighted by atomic mass is 9.89. The van der Waals surface area contributed by atoms with Gasteiger partial charge in [0.1, 0.15) is 0 Å². The molecule has 1 N–H and O–H groups in total. The number of carboxylic acid groups (broad SMARTS) is 1. The lowest BCUT2D eigenvalue weighted by Crippen LogP contribution is -2.42. The summed E-state index contributed by atoms with van der Waals surface area (Å²) in [5.41, 5.74) is 0. The molecule has 0 radical (unpaired) electrons. The van der Waals surface area contributed by atoms with Gasteiger partial charge in [0.05, 0.1) is 5.92 Å². The summed E-state index contributed by atoms with van der Waals surface area (Å²) in [6.45, 7) is 0. The summed E-state index contributed by atoms with van der Waals surface area (Å²) in [5, 5.41) is 9.26. The Balaban J connectivity index is 1.55. The molecule has 0 aromatic rings. The largest absolute Gasteiger partial charge is 0.481 e. The van der Waals surface area contributed by atoms with Crippen LogP contribution in [0.15, 0.2) is 12.2 Å². The van der Waals surface area contributed by atoms with E-state index in [1.54, 1.807) is 0 Å². The molecule has 1 amide bonds. The third-order valence-corrected chi connectivity index (χ3v) is 5.70. The van der Waals surface area contributed by atoms with Gasteiger partial charge in [-0.15, -0.1) is 0 Å². The number of fused-ring (bicyclic) bond motifs is 4. The van der Waals surface area contributed by atoms with Crippen molar-refractivity contribution >= 4 is 11.9 Å². The number of nitrogens with zero attached hydrogens (tertiary/aromatic N) is 1. The molecule has 6 unspecified atom stereocenters. The molecule has 4 nitrogen and oxygen atoms in total. The van der Waals surface area contributed by atoms with E-state index in [2.05, 4.69) is 12.2 Å². The van der Waals surface area contributed by atoms with Crippen LogP contribution in [0.4, 0.5) is 0 Å². The van der Waals surface area contributed by atoms with E-state index in [0.717, 1.165) is 25.7 Å². The quantitative estimate of drug-likeness (QED) is 0.769. The van der Waals surface area contributed by atoms with E-state index >= 15 is 0 Å². The predicted octanol–water partition coefficient (Wildman–Crippen LogP) is 1.66. The molecule has 102 valence electrons. The second-order valence-corrected chi connectivity index (χ2v) is 6.61. The zero-order valence-corrected chi connectivity index (χ0v) is 10.9. The number of carbonyl (C=O) groups is 2. The third-order valence-electron chi connectivity index (χ3n) is 5.70. The van der Waals surface area contributed by atoms with Gasteiger partial charge in [-0.05, 0) is 43.9 Å². The van der Waals surface area contributed by atoms with Gasteiger partial charge in [-0.25, -0.2) is 0 Å². The number of amides is 1. The number of aliphatic carboxylic acids is 1. The van der Waals surface area contributed by atoms with Gasteiger partial charge in [0.2, 0.25) is 5.91 Å². The third kappa shape index (κ3) is 1.52. The standard InChI is InChI=1S/C15H19NO3/c17-14(11-6-8-1-2-9(11)5-8)16-10-3-4-13(16)12(7-10)15(18)19/h1-2,8-13H,3-7H2,(H,18,19). The van der Waals surface area contributed by atoms with Gasteiger partial charge >= 0.3 is 5.97 Å². The van der Waals surface area contributed by atoms with Crippen molar-refractivity contribution in [2.75, 3.05) is 0 Å². The molecule has 2 heterocycles. The zero-order valence-electron chi connectivity index (χ0n) is 10.9. The molecule has 3 fully saturated rings. The van der Waals surface area contributed by atoms with Crippen LogP contribution in [0.3, 0.4) is 0 Å². The highest BCUT2D eigenvalue weighted by atomic mass is 16.4. The van der Waals surface area contributed by atoms with Gasteiger partial charge in [0.25, 0.3) is 0 Å². The Labute approximate surface area is 112 Å². The van der Waals surface area contributed by atoms with Gasteiger partial charge in [-0.2, -0.15) is 0 Å². The van der Waals surface area contributed by atoms with Gasteiger partial charge in [-0.3, -0.25) is 9.59 Å². The summed E-state index contributed by atoms with van der Waals surface area (Å²) >= 11 is 0. The maximum absolute atomic E-state index is 12.8. The molecule has 4 heteroatoms. The number of carboxylic acids is 1. The first-order chi connectivity index (χ1) is 9.15. The molecule has 0 aromatic carbocycles. The van der Waals surface area contributed by atoms with Gasteiger partial charge < -0.3 is 10.0 Å². The van der Waals surface area contributed by atoms with E-state index in [9.17, 15) is 14.7 Å². The van der Waals surface area contributed by atoms with Crippen molar-refractivity contribution in [3.05, 3.63) is 12.2 Å². The Kier molecular flexibility index (Phi) is 2.32. The van der Waals surface area contributed by atoms with E-state index in [0.29, 0.717) is 18.3 Å². The number of rotatable bonds is 2. The van der Waals surface area contributed by atoms with Crippen molar-refractivity contribution in [3.63, 3.8) is 0 Å². The van der Waals surface area contributed by atoms with Crippen LogP contribution in [0.1, 0.15) is 32.1 Å². The Morgan fingerprint density at radius 3 is 2.47 bits per heavy atom. The monoisotopic (exact) mass is 261 g/mol. The maximum Gasteiger partial charge on any atom is 0.308 e.